The molecule has 25 heavy (non-hydrogen) atoms. The van der Waals surface area contributed by atoms with Crippen molar-refractivity contribution in [2.45, 2.75) is 27.2 Å². The predicted octanol–water partition coefficient (Wildman–Crippen LogP) is 2.86. The maximum atomic E-state index is 11.9. The first-order valence-corrected chi connectivity index (χ1v) is 8.72. The van der Waals surface area contributed by atoms with Gasteiger partial charge in [0.25, 0.3) is 0 Å². The number of aliphatic imine (C=N–C) groups is 1. The summed E-state index contributed by atoms with van der Waals surface area (Å²) >= 11 is 0. The summed E-state index contributed by atoms with van der Waals surface area (Å²) < 4.78 is 4.92. The third-order valence-corrected chi connectivity index (χ3v) is 4.65. The van der Waals surface area contributed by atoms with Crippen molar-refractivity contribution in [3.05, 3.63) is 35.4 Å². The van der Waals surface area contributed by atoms with Crippen LogP contribution in [-0.4, -0.2) is 50.1 Å². The molecule has 1 saturated heterocycles. The van der Waals surface area contributed by atoms with E-state index in [1.54, 1.807) is 0 Å². The molecule has 1 aromatic carbocycles. The molecule has 0 aromatic heterocycles. The van der Waals surface area contributed by atoms with Gasteiger partial charge in [-0.3, -0.25) is 9.79 Å². The molecular weight excluding hydrogens is 429 g/mol. The minimum absolute atomic E-state index is 0. The van der Waals surface area contributed by atoms with E-state index in [1.165, 1.54) is 18.2 Å². The number of methoxy groups -OCH3 is 1. The number of guanidine groups is 1. The lowest BCUT2D eigenvalue weighted by Crippen LogP contribution is -2.40. The van der Waals surface area contributed by atoms with E-state index >= 15 is 0 Å². The number of aryl methyl sites for hydroxylation is 1. The lowest BCUT2D eigenvalue weighted by atomic mass is 9.99. The number of carbonyl (C=O) groups excluding carboxylic acids is 1. The average Bonchev–Trinajstić information content (AvgIpc) is 2.96. The molecule has 140 valence electrons. The van der Waals surface area contributed by atoms with Crippen molar-refractivity contribution in [1.82, 2.24) is 10.2 Å². The third kappa shape index (κ3) is 5.87. The Labute approximate surface area is 168 Å². The second-order valence-corrected chi connectivity index (χ2v) is 6.42. The third-order valence-electron chi connectivity index (χ3n) is 4.65. The number of rotatable bonds is 5. The SMILES string of the molecule is CCNC(=NCCc1ccccc1C)N1CC(C)C(C(=O)OC)C1.I. The molecule has 1 aliphatic rings. The number of hydrogen-bond acceptors (Lipinski definition) is 3. The molecule has 1 heterocycles. The van der Waals surface area contributed by atoms with Crippen LogP contribution in [0.1, 0.15) is 25.0 Å². The Kier molecular flexibility index (Phi) is 9.24. The zero-order chi connectivity index (χ0) is 17.5. The van der Waals surface area contributed by atoms with Gasteiger partial charge in [-0.25, -0.2) is 0 Å². The maximum Gasteiger partial charge on any atom is 0.310 e. The van der Waals surface area contributed by atoms with Gasteiger partial charge in [0.1, 0.15) is 0 Å². The summed E-state index contributed by atoms with van der Waals surface area (Å²) in [6, 6.07) is 8.42. The summed E-state index contributed by atoms with van der Waals surface area (Å²) in [7, 11) is 1.46. The molecule has 0 aliphatic carbocycles. The lowest BCUT2D eigenvalue weighted by molar-refractivity contribution is -0.145. The monoisotopic (exact) mass is 459 g/mol. The van der Waals surface area contributed by atoms with E-state index in [1.807, 2.05) is 0 Å². The molecule has 6 heteroatoms. The van der Waals surface area contributed by atoms with Crippen LogP contribution >= 0.6 is 24.0 Å². The lowest BCUT2D eigenvalue weighted by Gasteiger charge is -2.21. The zero-order valence-corrected chi connectivity index (χ0v) is 17.9. The Morgan fingerprint density at radius 3 is 2.72 bits per heavy atom. The largest absolute Gasteiger partial charge is 0.469 e. The van der Waals surface area contributed by atoms with Crippen LogP contribution in [0.25, 0.3) is 0 Å². The fourth-order valence-electron chi connectivity index (χ4n) is 3.20. The quantitative estimate of drug-likeness (QED) is 0.319. The fourth-order valence-corrected chi connectivity index (χ4v) is 3.20. The molecule has 2 rings (SSSR count). The standard InChI is InChI=1S/C19H29N3O2.HI/c1-5-20-19(21-11-10-16-9-7-6-8-14(16)2)22-12-15(3)17(13-22)18(23)24-4;/h6-9,15,17H,5,10-13H2,1-4H3,(H,20,21);1H. The van der Waals surface area contributed by atoms with Crippen molar-refractivity contribution in [3.63, 3.8) is 0 Å². The van der Waals surface area contributed by atoms with Gasteiger partial charge in [0.2, 0.25) is 0 Å². The van der Waals surface area contributed by atoms with E-state index in [2.05, 4.69) is 55.3 Å². The van der Waals surface area contributed by atoms with Gasteiger partial charge < -0.3 is 15.0 Å². The molecule has 0 spiro atoms. The first kappa shape index (κ1) is 21.7. The van der Waals surface area contributed by atoms with Crippen LogP contribution in [0.5, 0.6) is 0 Å². The van der Waals surface area contributed by atoms with E-state index in [0.717, 1.165) is 32.0 Å². The van der Waals surface area contributed by atoms with Crippen molar-refractivity contribution in [3.8, 4) is 0 Å². The normalized spacial score (nSPS) is 20.2. The highest BCUT2D eigenvalue weighted by atomic mass is 127. The van der Waals surface area contributed by atoms with Gasteiger partial charge in [-0.05, 0) is 37.3 Å². The number of nitrogens with one attached hydrogen (secondary N) is 1. The van der Waals surface area contributed by atoms with Gasteiger partial charge in [-0.2, -0.15) is 0 Å². The molecule has 2 atom stereocenters. The van der Waals surface area contributed by atoms with Crippen LogP contribution in [0.2, 0.25) is 0 Å². The topological polar surface area (TPSA) is 53.9 Å². The number of ether oxygens (including phenoxy) is 1. The summed E-state index contributed by atoms with van der Waals surface area (Å²) in [5.74, 6) is 0.970. The van der Waals surface area contributed by atoms with Crippen LogP contribution in [0.4, 0.5) is 0 Å². The second kappa shape index (κ2) is 10.6. The number of halogens is 1. The van der Waals surface area contributed by atoms with Gasteiger partial charge >= 0.3 is 5.97 Å². The maximum absolute atomic E-state index is 11.9. The van der Waals surface area contributed by atoms with Gasteiger partial charge in [-0.15, -0.1) is 24.0 Å². The number of carbonyl (C=O) groups is 1. The van der Waals surface area contributed by atoms with Gasteiger partial charge in [0.05, 0.1) is 13.0 Å². The van der Waals surface area contributed by atoms with E-state index in [-0.39, 0.29) is 41.8 Å². The van der Waals surface area contributed by atoms with Crippen LogP contribution in [0.15, 0.2) is 29.3 Å². The summed E-state index contributed by atoms with van der Waals surface area (Å²) in [6.45, 7) is 9.35. The second-order valence-electron chi connectivity index (χ2n) is 6.42. The van der Waals surface area contributed by atoms with E-state index in [0.29, 0.717) is 6.54 Å². The van der Waals surface area contributed by atoms with Crippen LogP contribution in [0, 0.1) is 18.8 Å². The van der Waals surface area contributed by atoms with Crippen molar-refractivity contribution in [2.24, 2.45) is 16.8 Å². The van der Waals surface area contributed by atoms with E-state index in [4.69, 9.17) is 9.73 Å². The number of hydrogen-bond donors (Lipinski definition) is 1. The average molecular weight is 459 g/mol. The van der Waals surface area contributed by atoms with Gasteiger partial charge in [-0.1, -0.05) is 31.2 Å². The Hall–Kier alpha value is -1.31. The number of benzene rings is 1. The van der Waals surface area contributed by atoms with Crippen molar-refractivity contribution in [1.29, 1.82) is 0 Å². The molecule has 1 fully saturated rings. The Balaban J connectivity index is 0.00000312. The van der Waals surface area contributed by atoms with Gasteiger partial charge in [0.15, 0.2) is 5.96 Å². The molecule has 0 amide bonds. The van der Waals surface area contributed by atoms with E-state index < -0.39 is 0 Å². The minimum atomic E-state index is -0.124. The molecule has 0 saturated carbocycles. The molecule has 1 aromatic rings. The van der Waals surface area contributed by atoms with E-state index in [9.17, 15) is 4.79 Å². The molecule has 1 aliphatic heterocycles. The van der Waals surface area contributed by atoms with Crippen LogP contribution in [-0.2, 0) is 16.0 Å². The predicted molar refractivity (Wildman–Crippen MR) is 113 cm³/mol. The molecule has 5 nitrogen and oxygen atoms in total. The van der Waals surface area contributed by atoms with Crippen molar-refractivity contribution < 1.29 is 9.53 Å². The fraction of sp³-hybridized carbons (Fsp3) is 0.579. The minimum Gasteiger partial charge on any atom is -0.469 e. The smallest absolute Gasteiger partial charge is 0.310 e. The molecule has 2 unspecified atom stereocenters. The highest BCUT2D eigenvalue weighted by molar-refractivity contribution is 14.0. The number of esters is 1. The number of nitrogens with zero attached hydrogens (tertiary/aromatic N) is 2. The highest BCUT2D eigenvalue weighted by Gasteiger charge is 2.36. The molecular formula is C19H30IN3O2. The number of likely N-dealkylation sites (tertiary alicyclic amines) is 1. The van der Waals surface area contributed by atoms with Crippen molar-refractivity contribution >= 4 is 35.9 Å². The summed E-state index contributed by atoms with van der Waals surface area (Å²) in [6.07, 6.45) is 0.922. The summed E-state index contributed by atoms with van der Waals surface area (Å²) in [5, 5.41) is 3.35. The molecule has 0 bridgehead atoms. The van der Waals surface area contributed by atoms with Crippen molar-refractivity contribution in [2.75, 3.05) is 33.3 Å². The summed E-state index contributed by atoms with van der Waals surface area (Å²) in [4.78, 5) is 18.8. The highest BCUT2D eigenvalue weighted by Crippen LogP contribution is 2.24. The molecule has 1 N–H and O–H groups in total. The summed E-state index contributed by atoms with van der Waals surface area (Å²) in [5.41, 5.74) is 2.64. The Bertz CT molecular complexity index is 592. The van der Waals surface area contributed by atoms with Gasteiger partial charge in [0, 0.05) is 26.2 Å². The first-order chi connectivity index (χ1) is 11.6. The van der Waals surface area contributed by atoms with Crippen LogP contribution in [0.3, 0.4) is 0 Å². The molecule has 0 radical (unpaired) electrons. The first-order valence-electron chi connectivity index (χ1n) is 8.72. The Morgan fingerprint density at radius 1 is 1.36 bits per heavy atom. The zero-order valence-electron chi connectivity index (χ0n) is 15.6. The Morgan fingerprint density at radius 2 is 2.08 bits per heavy atom. The van der Waals surface area contributed by atoms with Crippen LogP contribution < -0.4 is 5.32 Å².